The Hall–Kier alpha value is -3.36. The number of amides is 1. The molecule has 0 saturated carbocycles. The average molecular weight is 329 g/mol. The van der Waals surface area contributed by atoms with Crippen LogP contribution in [0.4, 0.5) is 10.5 Å². The summed E-state index contributed by atoms with van der Waals surface area (Å²) in [6.07, 6.45) is 0.986. The van der Waals surface area contributed by atoms with Crippen molar-refractivity contribution < 1.29 is 19.1 Å². The van der Waals surface area contributed by atoms with Crippen LogP contribution in [0.15, 0.2) is 18.3 Å². The second-order valence-electron chi connectivity index (χ2n) is 5.04. The van der Waals surface area contributed by atoms with Crippen molar-refractivity contribution >= 4 is 28.7 Å². The maximum atomic E-state index is 11.9. The van der Waals surface area contributed by atoms with Crippen molar-refractivity contribution in [3.63, 3.8) is 0 Å². The van der Waals surface area contributed by atoms with Crippen LogP contribution in [0.3, 0.4) is 0 Å². The molecule has 0 aliphatic heterocycles. The number of ether oxygens (including phenoxy) is 2. The quantitative estimate of drug-likeness (QED) is 0.633. The highest BCUT2D eigenvalue weighted by Gasteiger charge is 2.21. The number of aryl methyl sites for hydroxylation is 1. The van der Waals surface area contributed by atoms with Gasteiger partial charge in [0.15, 0.2) is 5.69 Å². The van der Waals surface area contributed by atoms with E-state index >= 15 is 0 Å². The number of hydrogen-bond acceptors (Lipinski definition) is 6. The van der Waals surface area contributed by atoms with Crippen molar-refractivity contribution in [3.05, 3.63) is 29.7 Å². The molecule has 0 spiro atoms. The van der Waals surface area contributed by atoms with E-state index in [9.17, 15) is 9.59 Å². The Kier molecular flexibility index (Phi) is 3.90. The van der Waals surface area contributed by atoms with Gasteiger partial charge in [0.2, 0.25) is 0 Å². The van der Waals surface area contributed by atoms with E-state index in [4.69, 9.17) is 4.74 Å². The van der Waals surface area contributed by atoms with Crippen LogP contribution in [0, 0.1) is 6.92 Å². The first-order chi connectivity index (χ1) is 11.5. The van der Waals surface area contributed by atoms with E-state index in [0.717, 1.165) is 0 Å². The van der Waals surface area contributed by atoms with Gasteiger partial charge in [-0.05, 0) is 24.6 Å². The number of H-pyrrole nitrogens is 2. The third kappa shape index (κ3) is 2.56. The van der Waals surface area contributed by atoms with Crippen LogP contribution < -0.4 is 5.32 Å². The van der Waals surface area contributed by atoms with Gasteiger partial charge in [-0.1, -0.05) is 0 Å². The molecule has 0 bridgehead atoms. The van der Waals surface area contributed by atoms with Gasteiger partial charge in [-0.3, -0.25) is 15.5 Å². The Morgan fingerprint density at radius 1 is 1.17 bits per heavy atom. The highest BCUT2D eigenvalue weighted by Crippen LogP contribution is 2.33. The molecule has 0 fully saturated rings. The van der Waals surface area contributed by atoms with E-state index in [1.54, 1.807) is 19.2 Å². The highest BCUT2D eigenvalue weighted by molar-refractivity contribution is 6.03. The molecule has 0 saturated heterocycles. The van der Waals surface area contributed by atoms with E-state index in [0.29, 0.717) is 33.4 Å². The number of carbonyl (C=O) groups is 2. The molecule has 0 radical (unpaired) electrons. The van der Waals surface area contributed by atoms with Gasteiger partial charge in [0, 0.05) is 16.6 Å². The predicted octanol–water partition coefficient (Wildman–Crippen LogP) is 2.23. The number of nitrogens with zero attached hydrogens (tertiary/aromatic N) is 2. The molecule has 1 aromatic carbocycles. The molecular formula is C15H15N5O4. The second kappa shape index (κ2) is 6.03. The summed E-state index contributed by atoms with van der Waals surface area (Å²) in [5, 5.41) is 17.0. The number of carbonyl (C=O) groups excluding carboxylic acids is 2. The van der Waals surface area contributed by atoms with Crippen molar-refractivity contribution in [3.8, 4) is 11.1 Å². The minimum absolute atomic E-state index is 0.165. The first-order valence-electron chi connectivity index (χ1n) is 7.01. The van der Waals surface area contributed by atoms with E-state index in [1.807, 2.05) is 6.07 Å². The number of nitrogens with one attached hydrogen (secondary N) is 3. The smallest absolute Gasteiger partial charge is 0.411 e. The first-order valence-corrected chi connectivity index (χ1v) is 7.01. The first kappa shape index (κ1) is 15.5. The molecule has 0 atom stereocenters. The summed E-state index contributed by atoms with van der Waals surface area (Å²) in [6.45, 7) is 1.79. The molecule has 9 heteroatoms. The number of benzene rings is 1. The fourth-order valence-corrected chi connectivity index (χ4v) is 2.49. The summed E-state index contributed by atoms with van der Waals surface area (Å²) in [7, 11) is 2.57. The van der Waals surface area contributed by atoms with Gasteiger partial charge in [0.05, 0.1) is 31.6 Å². The Morgan fingerprint density at radius 2 is 1.96 bits per heavy atom. The summed E-state index contributed by atoms with van der Waals surface area (Å²) in [5.41, 5.74) is 3.31. The van der Waals surface area contributed by atoms with Crippen molar-refractivity contribution in [1.82, 2.24) is 20.4 Å². The molecule has 3 aromatic rings. The number of esters is 1. The van der Waals surface area contributed by atoms with Gasteiger partial charge in [-0.2, -0.15) is 10.2 Å². The molecule has 24 heavy (non-hydrogen) atoms. The van der Waals surface area contributed by atoms with Crippen molar-refractivity contribution in [2.24, 2.45) is 0 Å². The molecule has 2 aromatic heterocycles. The molecule has 0 aliphatic rings. The summed E-state index contributed by atoms with van der Waals surface area (Å²) < 4.78 is 9.41. The Bertz CT molecular complexity index is 927. The standard InChI is InChI=1S/C15H15N5O4/c1-7-12(13(20-18-7)14(21)23-2)8-4-10(17-15(22)24-3)9-6-16-19-11(9)5-8/h4-6H,1-3H3,(H,16,19)(H,17,22)(H,18,20). The van der Waals surface area contributed by atoms with Crippen molar-refractivity contribution in [2.45, 2.75) is 6.92 Å². The van der Waals surface area contributed by atoms with Crippen LogP contribution in [0.5, 0.6) is 0 Å². The lowest BCUT2D eigenvalue weighted by Crippen LogP contribution is -2.11. The zero-order valence-electron chi connectivity index (χ0n) is 13.3. The van der Waals surface area contributed by atoms with Crippen LogP contribution in [0.2, 0.25) is 0 Å². The van der Waals surface area contributed by atoms with E-state index in [-0.39, 0.29) is 5.69 Å². The SMILES string of the molecule is COC(=O)Nc1cc(-c2c(C(=O)OC)n[nH]c2C)cc2[nH]ncc12. The van der Waals surface area contributed by atoms with Gasteiger partial charge in [-0.15, -0.1) is 0 Å². The largest absolute Gasteiger partial charge is 0.464 e. The van der Waals surface area contributed by atoms with Crippen molar-refractivity contribution in [1.29, 1.82) is 0 Å². The predicted molar refractivity (Wildman–Crippen MR) is 85.8 cm³/mol. The lowest BCUT2D eigenvalue weighted by Gasteiger charge is -2.09. The molecule has 0 unspecified atom stereocenters. The van der Waals surface area contributed by atoms with E-state index < -0.39 is 12.1 Å². The van der Waals surface area contributed by atoms with Gasteiger partial charge >= 0.3 is 12.1 Å². The Morgan fingerprint density at radius 3 is 2.67 bits per heavy atom. The normalized spacial score (nSPS) is 10.6. The highest BCUT2D eigenvalue weighted by atomic mass is 16.5. The van der Waals surface area contributed by atoms with Crippen LogP contribution in [-0.2, 0) is 9.47 Å². The van der Waals surface area contributed by atoms with E-state index in [1.165, 1.54) is 14.2 Å². The average Bonchev–Trinajstić information content (AvgIpc) is 3.20. The number of methoxy groups -OCH3 is 2. The fraction of sp³-hybridized carbons (Fsp3) is 0.200. The molecule has 3 N–H and O–H groups in total. The number of anilines is 1. The molecule has 0 aliphatic carbocycles. The number of aromatic amines is 2. The molecule has 3 rings (SSSR count). The summed E-state index contributed by atoms with van der Waals surface area (Å²) in [5.74, 6) is -0.554. The van der Waals surface area contributed by atoms with Gasteiger partial charge in [0.1, 0.15) is 0 Å². The second-order valence-corrected chi connectivity index (χ2v) is 5.04. The van der Waals surface area contributed by atoms with Crippen LogP contribution in [0.1, 0.15) is 16.2 Å². The minimum Gasteiger partial charge on any atom is -0.464 e. The topological polar surface area (TPSA) is 122 Å². The molecular weight excluding hydrogens is 314 g/mol. The lowest BCUT2D eigenvalue weighted by atomic mass is 10.0. The number of aromatic nitrogens is 4. The molecule has 1 amide bonds. The summed E-state index contributed by atoms with van der Waals surface area (Å²) >= 11 is 0. The number of rotatable bonds is 3. The number of fused-ring (bicyclic) bond motifs is 1. The Balaban J connectivity index is 2.19. The lowest BCUT2D eigenvalue weighted by molar-refractivity contribution is 0.0595. The third-order valence-electron chi connectivity index (χ3n) is 3.60. The van der Waals surface area contributed by atoms with Crippen molar-refractivity contribution in [2.75, 3.05) is 19.5 Å². The number of hydrogen-bond donors (Lipinski definition) is 3. The third-order valence-corrected chi connectivity index (χ3v) is 3.60. The maximum absolute atomic E-state index is 11.9. The molecule has 2 heterocycles. The van der Waals surface area contributed by atoms with Crippen LogP contribution >= 0.6 is 0 Å². The maximum Gasteiger partial charge on any atom is 0.411 e. The van der Waals surface area contributed by atoms with Gasteiger partial charge in [-0.25, -0.2) is 9.59 Å². The van der Waals surface area contributed by atoms with Crippen LogP contribution in [0.25, 0.3) is 22.0 Å². The van der Waals surface area contributed by atoms with Gasteiger partial charge in [0.25, 0.3) is 0 Å². The Labute approximate surface area is 136 Å². The monoisotopic (exact) mass is 329 g/mol. The summed E-state index contributed by atoms with van der Waals surface area (Å²) in [6, 6.07) is 3.54. The minimum atomic E-state index is -0.605. The summed E-state index contributed by atoms with van der Waals surface area (Å²) in [4.78, 5) is 23.5. The van der Waals surface area contributed by atoms with Crippen LogP contribution in [-0.4, -0.2) is 46.7 Å². The molecule has 9 nitrogen and oxygen atoms in total. The zero-order valence-corrected chi connectivity index (χ0v) is 13.3. The molecule has 124 valence electrons. The van der Waals surface area contributed by atoms with E-state index in [2.05, 4.69) is 30.4 Å². The fourth-order valence-electron chi connectivity index (χ4n) is 2.49. The van der Waals surface area contributed by atoms with Gasteiger partial charge < -0.3 is 9.47 Å². The zero-order chi connectivity index (χ0) is 17.3.